The van der Waals surface area contributed by atoms with Gasteiger partial charge in [0.1, 0.15) is 0 Å². The van der Waals surface area contributed by atoms with Gasteiger partial charge < -0.3 is 11.1 Å². The van der Waals surface area contributed by atoms with Gasteiger partial charge in [-0.15, -0.1) is 0 Å². The molecule has 1 fully saturated rings. The van der Waals surface area contributed by atoms with Gasteiger partial charge in [0.25, 0.3) is 5.69 Å². The molecular weight excluding hydrogens is 232 g/mol. The molecule has 5 nitrogen and oxygen atoms in total. The summed E-state index contributed by atoms with van der Waals surface area (Å²) < 4.78 is 26.5. The second-order valence-electron chi connectivity index (χ2n) is 4.09. The van der Waals surface area contributed by atoms with E-state index in [-0.39, 0.29) is 12.1 Å². The summed E-state index contributed by atoms with van der Waals surface area (Å²) in [6.07, 6.45) is 1.18. The number of anilines is 1. The summed E-state index contributed by atoms with van der Waals surface area (Å²) in [5.74, 6) is -2.33. The predicted molar refractivity (Wildman–Crippen MR) is 57.6 cm³/mol. The first-order valence-electron chi connectivity index (χ1n) is 5.13. The third-order valence-electron chi connectivity index (χ3n) is 2.79. The summed E-state index contributed by atoms with van der Waals surface area (Å²) >= 11 is 0. The lowest BCUT2D eigenvalue weighted by Crippen LogP contribution is -2.44. The van der Waals surface area contributed by atoms with Gasteiger partial charge in [-0.3, -0.25) is 10.1 Å². The van der Waals surface area contributed by atoms with Gasteiger partial charge in [-0.1, -0.05) is 0 Å². The van der Waals surface area contributed by atoms with Gasteiger partial charge in [0.05, 0.1) is 4.92 Å². The zero-order chi connectivity index (χ0) is 12.6. The molecule has 0 saturated heterocycles. The van der Waals surface area contributed by atoms with Gasteiger partial charge in [-0.2, -0.15) is 0 Å². The average molecular weight is 243 g/mol. The molecule has 92 valence electrons. The first-order chi connectivity index (χ1) is 7.99. The highest BCUT2D eigenvalue weighted by atomic mass is 19.2. The molecule has 0 radical (unpaired) electrons. The molecule has 1 aliphatic carbocycles. The summed E-state index contributed by atoms with van der Waals surface area (Å²) in [5, 5.41) is 13.3. The molecule has 0 unspecified atom stereocenters. The Morgan fingerprint density at radius 2 is 2.06 bits per heavy atom. The number of rotatable bonds is 3. The van der Waals surface area contributed by atoms with Crippen LogP contribution in [0, 0.1) is 21.7 Å². The zero-order valence-electron chi connectivity index (χ0n) is 8.82. The Morgan fingerprint density at radius 3 is 2.59 bits per heavy atom. The Hall–Kier alpha value is -1.76. The van der Waals surface area contributed by atoms with Crippen molar-refractivity contribution in [3.05, 3.63) is 33.9 Å². The Balaban J connectivity index is 2.29. The monoisotopic (exact) mass is 243 g/mol. The van der Waals surface area contributed by atoms with Crippen LogP contribution in [-0.2, 0) is 0 Å². The van der Waals surface area contributed by atoms with E-state index in [9.17, 15) is 18.9 Å². The maximum Gasteiger partial charge on any atom is 0.295 e. The number of nitrogens with two attached hydrogens (primary N) is 1. The highest BCUT2D eigenvalue weighted by Crippen LogP contribution is 2.32. The van der Waals surface area contributed by atoms with E-state index in [2.05, 4.69) is 5.32 Å². The molecule has 0 amide bonds. The van der Waals surface area contributed by atoms with E-state index < -0.39 is 27.9 Å². The molecule has 2 rings (SSSR count). The maximum absolute atomic E-state index is 13.5. The number of hydrogen-bond acceptors (Lipinski definition) is 4. The third-order valence-corrected chi connectivity index (χ3v) is 2.79. The van der Waals surface area contributed by atoms with Crippen molar-refractivity contribution in [1.29, 1.82) is 0 Å². The molecule has 7 heteroatoms. The lowest BCUT2D eigenvalue weighted by atomic mass is 9.87. The molecule has 1 aromatic carbocycles. The molecule has 0 heterocycles. The largest absolute Gasteiger partial charge is 0.374 e. The Kier molecular flexibility index (Phi) is 2.93. The van der Waals surface area contributed by atoms with Crippen LogP contribution >= 0.6 is 0 Å². The second-order valence-corrected chi connectivity index (χ2v) is 4.09. The molecular formula is C10H11F2N3O2. The van der Waals surface area contributed by atoms with E-state index in [1.807, 2.05) is 0 Å². The molecule has 1 saturated carbocycles. The van der Waals surface area contributed by atoms with Crippen LogP contribution in [0.5, 0.6) is 0 Å². The summed E-state index contributed by atoms with van der Waals surface area (Å²) in [5.41, 5.74) is 4.68. The van der Waals surface area contributed by atoms with Gasteiger partial charge in [-0.25, -0.2) is 8.78 Å². The molecule has 0 aliphatic heterocycles. The third kappa shape index (κ3) is 2.19. The van der Waals surface area contributed by atoms with Crippen LogP contribution in [0.15, 0.2) is 12.1 Å². The van der Waals surface area contributed by atoms with E-state index >= 15 is 0 Å². The summed E-state index contributed by atoms with van der Waals surface area (Å²) in [4.78, 5) is 9.94. The topological polar surface area (TPSA) is 81.2 Å². The first kappa shape index (κ1) is 11.7. The second kappa shape index (κ2) is 4.25. The van der Waals surface area contributed by atoms with Gasteiger partial charge in [0, 0.05) is 18.2 Å². The van der Waals surface area contributed by atoms with Crippen molar-refractivity contribution in [3.8, 4) is 0 Å². The number of halogens is 2. The fourth-order valence-corrected chi connectivity index (χ4v) is 1.81. The van der Waals surface area contributed by atoms with Crippen LogP contribution in [0.25, 0.3) is 0 Å². The fraction of sp³-hybridized carbons (Fsp3) is 0.400. The van der Waals surface area contributed by atoms with E-state index in [0.29, 0.717) is 12.8 Å². The average Bonchev–Trinajstić information content (AvgIpc) is 2.22. The molecule has 0 bridgehead atoms. The van der Waals surface area contributed by atoms with Crippen molar-refractivity contribution in [2.24, 2.45) is 5.73 Å². The lowest BCUT2D eigenvalue weighted by Gasteiger charge is -2.33. The minimum Gasteiger partial charge on any atom is -0.374 e. The zero-order valence-corrected chi connectivity index (χ0v) is 8.82. The van der Waals surface area contributed by atoms with Crippen molar-refractivity contribution in [3.63, 3.8) is 0 Å². The molecule has 3 N–H and O–H groups in total. The van der Waals surface area contributed by atoms with Crippen molar-refractivity contribution < 1.29 is 13.7 Å². The van der Waals surface area contributed by atoms with Crippen molar-refractivity contribution in [2.45, 2.75) is 24.9 Å². The molecule has 0 atom stereocenters. The number of nitrogens with zero attached hydrogens (tertiary/aromatic N) is 1. The quantitative estimate of drug-likeness (QED) is 0.626. The number of benzene rings is 1. The number of hydrogen-bond donors (Lipinski definition) is 2. The highest BCUT2D eigenvalue weighted by Gasteiger charge is 2.30. The summed E-state index contributed by atoms with van der Waals surface area (Å²) in [6, 6.07) is 1.56. The SMILES string of the molecule is NC1CC(Nc2c([N+](=O)[O-])ccc(F)c2F)C1. The van der Waals surface area contributed by atoms with Gasteiger partial charge >= 0.3 is 0 Å². The standard InChI is InChI=1S/C10H11F2N3O2/c11-7-1-2-8(15(16)17)10(9(7)12)14-6-3-5(13)4-6/h1-2,5-6,14H,3-4,13H2. The van der Waals surface area contributed by atoms with Crippen LogP contribution in [0.3, 0.4) is 0 Å². The summed E-state index contributed by atoms with van der Waals surface area (Å²) in [6.45, 7) is 0. The molecule has 0 aromatic heterocycles. The summed E-state index contributed by atoms with van der Waals surface area (Å²) in [7, 11) is 0. The predicted octanol–water partition coefficient (Wildman–Crippen LogP) is 1.77. The molecule has 17 heavy (non-hydrogen) atoms. The van der Waals surface area contributed by atoms with Gasteiger partial charge in [-0.05, 0) is 18.9 Å². The first-order valence-corrected chi connectivity index (χ1v) is 5.13. The lowest BCUT2D eigenvalue weighted by molar-refractivity contribution is -0.384. The molecule has 1 aliphatic rings. The fourth-order valence-electron chi connectivity index (χ4n) is 1.81. The van der Waals surface area contributed by atoms with Crippen LogP contribution in [0.4, 0.5) is 20.2 Å². The molecule has 1 aromatic rings. The Bertz CT molecular complexity index is 461. The minimum atomic E-state index is -1.22. The van der Waals surface area contributed by atoms with E-state index in [1.165, 1.54) is 0 Å². The molecule has 0 spiro atoms. The Labute approximate surface area is 95.8 Å². The van der Waals surface area contributed by atoms with E-state index in [4.69, 9.17) is 5.73 Å². The van der Waals surface area contributed by atoms with Gasteiger partial charge in [0.2, 0.25) is 0 Å². The number of nitro groups is 1. The van der Waals surface area contributed by atoms with Crippen LogP contribution in [-0.4, -0.2) is 17.0 Å². The Morgan fingerprint density at radius 1 is 1.41 bits per heavy atom. The maximum atomic E-state index is 13.5. The van der Waals surface area contributed by atoms with Crippen LogP contribution in [0.1, 0.15) is 12.8 Å². The van der Waals surface area contributed by atoms with Crippen molar-refractivity contribution >= 4 is 11.4 Å². The highest BCUT2D eigenvalue weighted by molar-refractivity contribution is 5.63. The number of nitrogens with one attached hydrogen (secondary N) is 1. The van der Waals surface area contributed by atoms with Crippen molar-refractivity contribution in [1.82, 2.24) is 0 Å². The van der Waals surface area contributed by atoms with Gasteiger partial charge in [0.15, 0.2) is 17.3 Å². The van der Waals surface area contributed by atoms with Crippen LogP contribution in [0.2, 0.25) is 0 Å². The smallest absolute Gasteiger partial charge is 0.295 e. The normalized spacial score (nSPS) is 23.0. The van der Waals surface area contributed by atoms with Crippen LogP contribution < -0.4 is 11.1 Å². The van der Waals surface area contributed by atoms with E-state index in [0.717, 1.165) is 12.1 Å². The minimum absolute atomic E-state index is 0.0168. The van der Waals surface area contributed by atoms with E-state index in [1.54, 1.807) is 0 Å². The van der Waals surface area contributed by atoms with Crippen molar-refractivity contribution in [2.75, 3.05) is 5.32 Å². The number of nitro benzene ring substituents is 1.